The molecule has 2 aromatic carbocycles. The van der Waals surface area contributed by atoms with Crippen LogP contribution in [0.4, 0.5) is 0 Å². The molecular weight excluding hydrogens is 236 g/mol. The van der Waals surface area contributed by atoms with E-state index in [1.807, 2.05) is 0 Å². The van der Waals surface area contributed by atoms with E-state index in [-0.39, 0.29) is 21.9 Å². The van der Waals surface area contributed by atoms with Crippen LogP contribution in [-0.2, 0) is 0 Å². The predicted molar refractivity (Wildman–Crippen MR) is 65.0 cm³/mol. The molecule has 1 aromatic heterocycles. The molecule has 0 saturated carbocycles. The maximum Gasteiger partial charge on any atom is 0.344 e. The van der Waals surface area contributed by atoms with Gasteiger partial charge in [0.15, 0.2) is 0 Å². The Morgan fingerprint density at radius 3 is 2.61 bits per heavy atom. The van der Waals surface area contributed by atoms with Crippen LogP contribution in [0.25, 0.3) is 21.7 Å². The lowest BCUT2D eigenvalue weighted by molar-refractivity contribution is 0.454. The Morgan fingerprint density at radius 2 is 1.83 bits per heavy atom. The molecule has 0 spiro atoms. The van der Waals surface area contributed by atoms with Crippen molar-refractivity contribution in [1.82, 2.24) is 0 Å². The summed E-state index contributed by atoms with van der Waals surface area (Å²) in [5.74, 6) is -1.64. The molecule has 0 aliphatic rings. The summed E-state index contributed by atoms with van der Waals surface area (Å²) in [6.07, 6.45) is 0. The van der Waals surface area contributed by atoms with Gasteiger partial charge in [0.1, 0.15) is 22.8 Å². The van der Waals surface area contributed by atoms with Gasteiger partial charge in [-0.3, -0.25) is 0 Å². The van der Waals surface area contributed by atoms with E-state index in [4.69, 9.17) is 8.53 Å². The van der Waals surface area contributed by atoms with E-state index in [1.165, 1.54) is 0 Å². The van der Waals surface area contributed by atoms with Crippen LogP contribution in [0, 0.1) is 0 Å². The minimum atomic E-state index is -0.936. The maximum atomic E-state index is 11.9. The minimum absolute atomic E-state index is 0.106. The molecule has 5 nitrogen and oxygen atoms in total. The molecule has 0 atom stereocenters. The van der Waals surface area contributed by atoms with Crippen molar-refractivity contribution in [3.05, 3.63) is 40.7 Å². The number of phenolic OH excluding ortho intramolecular Hbond substituents is 3. The molecule has 0 aliphatic heterocycles. The fourth-order valence-electron chi connectivity index (χ4n) is 1.82. The predicted octanol–water partition coefficient (Wildman–Crippen LogP) is 2.06. The highest BCUT2D eigenvalue weighted by atomic mass is 16.4. The lowest BCUT2D eigenvalue weighted by Crippen LogP contribution is -1.99. The summed E-state index contributed by atoms with van der Waals surface area (Å²) in [5, 5.41) is 28.5. The van der Waals surface area contributed by atoms with Crippen LogP contribution in [0.1, 0.15) is 4.11 Å². The quantitative estimate of drug-likeness (QED) is 0.418. The van der Waals surface area contributed by atoms with E-state index in [9.17, 15) is 20.1 Å². The molecule has 0 bridgehead atoms. The second-order valence-electron chi connectivity index (χ2n) is 3.70. The van der Waals surface area contributed by atoms with Crippen LogP contribution in [0.3, 0.4) is 0 Å². The van der Waals surface area contributed by atoms with Crippen molar-refractivity contribution in [2.45, 2.75) is 0 Å². The van der Waals surface area contributed by atoms with Crippen LogP contribution in [0.2, 0.25) is 0 Å². The van der Waals surface area contributed by atoms with Gasteiger partial charge in [0.2, 0.25) is 0 Å². The first-order valence-corrected chi connectivity index (χ1v) is 4.94. The van der Waals surface area contributed by atoms with Gasteiger partial charge >= 0.3 is 5.63 Å². The molecule has 3 rings (SSSR count). The van der Waals surface area contributed by atoms with Crippen molar-refractivity contribution in [2.75, 3.05) is 0 Å². The second kappa shape index (κ2) is 3.40. The minimum Gasteiger partial charge on any atom is -0.508 e. The Hall–Kier alpha value is -2.69. The smallest absolute Gasteiger partial charge is 0.344 e. The number of hydrogen-bond acceptors (Lipinski definition) is 5. The van der Waals surface area contributed by atoms with Crippen LogP contribution < -0.4 is 5.63 Å². The molecule has 0 amide bonds. The first kappa shape index (κ1) is 7.60. The highest BCUT2D eigenvalue weighted by Crippen LogP contribution is 2.34. The largest absolute Gasteiger partial charge is 0.508 e. The average Bonchev–Trinajstić information content (AvgIpc) is 2.43. The molecule has 18 heavy (non-hydrogen) atoms. The molecule has 3 N–H and O–H groups in total. The van der Waals surface area contributed by atoms with E-state index < -0.39 is 40.8 Å². The van der Waals surface area contributed by atoms with Gasteiger partial charge in [0.25, 0.3) is 0 Å². The monoisotopic (exact) mass is 247 g/mol. The molecule has 0 aliphatic carbocycles. The Morgan fingerprint density at radius 1 is 1.06 bits per heavy atom. The van der Waals surface area contributed by atoms with Crippen molar-refractivity contribution in [2.24, 2.45) is 0 Å². The Labute approximate surface area is 104 Å². The number of aromatic hydroxyl groups is 3. The summed E-state index contributed by atoms with van der Waals surface area (Å²) >= 11 is 0. The third kappa shape index (κ3) is 1.37. The second-order valence-corrected chi connectivity index (χ2v) is 3.70. The lowest BCUT2D eigenvalue weighted by Gasteiger charge is -2.05. The van der Waals surface area contributed by atoms with Gasteiger partial charge < -0.3 is 19.7 Å². The summed E-state index contributed by atoms with van der Waals surface area (Å²) in [5.41, 5.74) is -1.33. The van der Waals surface area contributed by atoms with E-state index in [2.05, 4.69) is 0 Å². The standard InChI is InChI=1S/C13H8O5/c14-6-1-2-8-11(5-6)18-13(17)9-3-7(15)4-10(16)12(8)9/h1-5,14-16H/i1D,2D,5D. The Kier molecular flexibility index (Phi) is 1.44. The van der Waals surface area contributed by atoms with E-state index >= 15 is 0 Å². The SMILES string of the molecule is [2H]c1c(O)c([2H])c2oc(=O)c3cc(O)cc(O)c3c2c1[2H]. The fourth-order valence-corrected chi connectivity index (χ4v) is 1.82. The Bertz CT molecular complexity index is 978. The van der Waals surface area contributed by atoms with Crippen LogP contribution >= 0.6 is 0 Å². The van der Waals surface area contributed by atoms with Gasteiger partial charge in [-0.2, -0.15) is 0 Å². The topological polar surface area (TPSA) is 90.9 Å². The van der Waals surface area contributed by atoms with Gasteiger partial charge in [-0.1, -0.05) is 0 Å². The molecule has 0 unspecified atom stereocenters. The summed E-state index contributed by atoms with van der Waals surface area (Å²) in [7, 11) is 0. The van der Waals surface area contributed by atoms with Crippen LogP contribution in [0.15, 0.2) is 39.5 Å². The van der Waals surface area contributed by atoms with Crippen molar-refractivity contribution in [1.29, 1.82) is 0 Å². The third-order valence-electron chi connectivity index (χ3n) is 2.53. The number of rotatable bonds is 0. The third-order valence-corrected chi connectivity index (χ3v) is 2.53. The highest BCUT2D eigenvalue weighted by molar-refractivity contribution is 6.08. The van der Waals surface area contributed by atoms with Crippen LogP contribution in [0.5, 0.6) is 17.2 Å². The van der Waals surface area contributed by atoms with Crippen molar-refractivity contribution < 1.29 is 23.8 Å². The molecule has 5 heteroatoms. The van der Waals surface area contributed by atoms with E-state index in [1.54, 1.807) is 0 Å². The lowest BCUT2D eigenvalue weighted by atomic mass is 10.1. The fraction of sp³-hybridized carbons (Fsp3) is 0. The highest BCUT2D eigenvalue weighted by Gasteiger charge is 2.12. The summed E-state index contributed by atoms with van der Waals surface area (Å²) in [6.45, 7) is 0. The molecule has 90 valence electrons. The van der Waals surface area contributed by atoms with Crippen molar-refractivity contribution in [3.63, 3.8) is 0 Å². The van der Waals surface area contributed by atoms with Gasteiger partial charge in [-0.05, 0) is 18.2 Å². The van der Waals surface area contributed by atoms with Gasteiger partial charge in [-0.15, -0.1) is 0 Å². The molecule has 0 radical (unpaired) electrons. The first-order valence-electron chi connectivity index (χ1n) is 6.44. The van der Waals surface area contributed by atoms with Gasteiger partial charge in [-0.25, -0.2) is 4.79 Å². The number of fused-ring (bicyclic) bond motifs is 3. The van der Waals surface area contributed by atoms with E-state index in [0.29, 0.717) is 0 Å². The van der Waals surface area contributed by atoms with Crippen molar-refractivity contribution >= 4 is 21.7 Å². The molecule has 3 aromatic rings. The molecule has 1 heterocycles. The maximum absolute atomic E-state index is 11.9. The summed E-state index contributed by atoms with van der Waals surface area (Å²) in [4.78, 5) is 11.9. The van der Waals surface area contributed by atoms with E-state index in [0.717, 1.165) is 12.1 Å². The zero-order chi connectivity index (χ0) is 15.5. The number of hydrogen-bond donors (Lipinski definition) is 3. The average molecular weight is 247 g/mol. The number of phenols is 3. The molecule has 0 saturated heterocycles. The zero-order valence-corrected chi connectivity index (χ0v) is 8.81. The summed E-state index contributed by atoms with van der Waals surface area (Å²) in [6, 6.07) is 0.307. The first-order chi connectivity index (χ1) is 9.82. The molecule has 0 fully saturated rings. The zero-order valence-electron chi connectivity index (χ0n) is 11.8. The molecular formula is C13H8O5. The number of benzene rings is 2. The van der Waals surface area contributed by atoms with Crippen molar-refractivity contribution in [3.8, 4) is 17.2 Å². The normalized spacial score (nSPS) is 13.4. The Balaban J connectivity index is 2.77. The van der Waals surface area contributed by atoms with Gasteiger partial charge in [0.05, 0.1) is 9.50 Å². The van der Waals surface area contributed by atoms with Crippen LogP contribution in [-0.4, -0.2) is 15.3 Å². The summed E-state index contributed by atoms with van der Waals surface area (Å²) < 4.78 is 28.1. The van der Waals surface area contributed by atoms with Gasteiger partial charge in [0, 0.05) is 22.9 Å².